The highest BCUT2D eigenvalue weighted by atomic mass is 32.1. The van der Waals surface area contributed by atoms with Crippen LogP contribution in [0.3, 0.4) is 0 Å². The lowest BCUT2D eigenvalue weighted by atomic mass is 10.1. The second-order valence-electron chi connectivity index (χ2n) is 6.71. The predicted molar refractivity (Wildman–Crippen MR) is 121 cm³/mol. The maximum Gasteiger partial charge on any atom is 0.266 e. The van der Waals surface area contributed by atoms with Gasteiger partial charge in [-0.15, -0.1) is 0 Å². The minimum absolute atomic E-state index is 0.0585. The Morgan fingerprint density at radius 2 is 1.63 bits per heavy atom. The molecule has 4 rings (SSSR count). The smallest absolute Gasteiger partial charge is 0.266 e. The molecule has 1 aromatic heterocycles. The highest BCUT2D eigenvalue weighted by Gasteiger charge is 2.20. The summed E-state index contributed by atoms with van der Waals surface area (Å²) < 4.78 is 11.9. The zero-order valence-electron chi connectivity index (χ0n) is 16.7. The van der Waals surface area contributed by atoms with E-state index in [0.717, 1.165) is 22.4 Å². The number of para-hydroxylation sites is 1. The van der Waals surface area contributed by atoms with E-state index >= 15 is 0 Å². The third-order valence-electron chi connectivity index (χ3n) is 4.70. The van der Waals surface area contributed by atoms with Crippen LogP contribution in [0.25, 0.3) is 10.2 Å². The third kappa shape index (κ3) is 4.78. The van der Waals surface area contributed by atoms with E-state index in [1.54, 1.807) is 36.3 Å². The number of hydrogen-bond donors (Lipinski definition) is 0. The maximum absolute atomic E-state index is 13.1. The van der Waals surface area contributed by atoms with Crippen molar-refractivity contribution < 1.29 is 14.3 Å². The number of carbonyl (C=O) groups is 1. The van der Waals surface area contributed by atoms with E-state index < -0.39 is 0 Å². The number of amides is 1. The van der Waals surface area contributed by atoms with Crippen LogP contribution in [0, 0.1) is 0 Å². The molecule has 0 atom stereocenters. The summed E-state index contributed by atoms with van der Waals surface area (Å²) in [6, 6.07) is 25.2. The van der Waals surface area contributed by atoms with Crippen LogP contribution in [0.5, 0.6) is 11.5 Å². The molecule has 0 saturated heterocycles. The summed E-state index contributed by atoms with van der Waals surface area (Å²) in [6.45, 7) is 0.478. The summed E-state index contributed by atoms with van der Waals surface area (Å²) in [5.41, 5.74) is 2.07. The van der Waals surface area contributed by atoms with Gasteiger partial charge in [0.2, 0.25) is 0 Å². The molecule has 0 N–H and O–H groups in total. The van der Waals surface area contributed by atoms with E-state index in [-0.39, 0.29) is 12.5 Å². The highest BCUT2D eigenvalue weighted by Crippen LogP contribution is 2.29. The van der Waals surface area contributed by atoms with E-state index in [9.17, 15) is 4.79 Å². The van der Waals surface area contributed by atoms with Crippen LogP contribution in [-0.4, -0.2) is 31.2 Å². The van der Waals surface area contributed by atoms with Crippen LogP contribution in [0.2, 0.25) is 0 Å². The average Bonchev–Trinajstić information content (AvgIpc) is 3.22. The van der Waals surface area contributed by atoms with Gasteiger partial charge in [0, 0.05) is 6.54 Å². The number of methoxy groups -OCH3 is 1. The molecule has 4 aromatic rings. The Bertz CT molecular complexity index is 1080. The minimum atomic E-state index is -0.124. The zero-order valence-corrected chi connectivity index (χ0v) is 17.5. The fourth-order valence-electron chi connectivity index (χ4n) is 3.08. The van der Waals surface area contributed by atoms with Crippen LogP contribution >= 0.6 is 11.3 Å². The molecule has 3 aromatic carbocycles. The van der Waals surface area contributed by atoms with Crippen molar-refractivity contribution in [3.63, 3.8) is 0 Å². The lowest BCUT2D eigenvalue weighted by Crippen LogP contribution is -2.36. The molecular formula is C24H22N2O3S. The molecule has 1 heterocycles. The molecule has 30 heavy (non-hydrogen) atoms. The minimum Gasteiger partial charge on any atom is -0.497 e. The van der Waals surface area contributed by atoms with Crippen molar-refractivity contribution in [3.8, 4) is 11.5 Å². The summed E-state index contributed by atoms with van der Waals surface area (Å²) in [5.74, 6) is 1.24. The van der Waals surface area contributed by atoms with Crippen LogP contribution in [0.1, 0.15) is 5.56 Å². The number of fused-ring (bicyclic) bond motifs is 1. The zero-order chi connectivity index (χ0) is 20.8. The van der Waals surface area contributed by atoms with E-state index in [0.29, 0.717) is 17.4 Å². The van der Waals surface area contributed by atoms with Gasteiger partial charge in [-0.1, -0.05) is 53.8 Å². The Kier molecular flexibility index (Phi) is 6.25. The van der Waals surface area contributed by atoms with Gasteiger partial charge >= 0.3 is 0 Å². The Balaban J connectivity index is 1.51. The molecule has 0 radical (unpaired) electrons. The van der Waals surface area contributed by atoms with Gasteiger partial charge in [-0.05, 0) is 48.4 Å². The highest BCUT2D eigenvalue weighted by molar-refractivity contribution is 7.22. The van der Waals surface area contributed by atoms with Gasteiger partial charge in [-0.25, -0.2) is 4.98 Å². The van der Waals surface area contributed by atoms with Crippen molar-refractivity contribution in [1.29, 1.82) is 0 Å². The largest absolute Gasteiger partial charge is 0.497 e. The van der Waals surface area contributed by atoms with Gasteiger partial charge in [-0.2, -0.15) is 0 Å². The van der Waals surface area contributed by atoms with Gasteiger partial charge in [-0.3, -0.25) is 9.69 Å². The van der Waals surface area contributed by atoms with Crippen molar-refractivity contribution in [2.45, 2.75) is 6.42 Å². The molecular weight excluding hydrogens is 396 g/mol. The predicted octanol–water partition coefficient (Wildman–Crippen LogP) is 4.96. The third-order valence-corrected chi connectivity index (χ3v) is 5.76. The molecule has 0 aliphatic carbocycles. The number of thiazole rings is 1. The maximum atomic E-state index is 13.1. The Hall–Kier alpha value is -3.38. The molecule has 0 saturated carbocycles. The molecule has 0 spiro atoms. The van der Waals surface area contributed by atoms with Gasteiger partial charge < -0.3 is 9.47 Å². The van der Waals surface area contributed by atoms with Crippen molar-refractivity contribution in [3.05, 3.63) is 84.4 Å². The van der Waals surface area contributed by atoms with Gasteiger partial charge in [0.15, 0.2) is 11.7 Å². The Labute approximate surface area is 179 Å². The first-order valence-electron chi connectivity index (χ1n) is 9.69. The SMILES string of the molecule is COc1ccc(OCC(=O)N(CCc2ccccc2)c2nc3ccccc3s2)cc1. The second kappa shape index (κ2) is 9.41. The number of rotatable bonds is 8. The van der Waals surface area contributed by atoms with E-state index in [1.807, 2.05) is 42.5 Å². The van der Waals surface area contributed by atoms with Crippen molar-refractivity contribution >= 4 is 32.6 Å². The van der Waals surface area contributed by atoms with Crippen LogP contribution in [0.15, 0.2) is 78.9 Å². The number of benzene rings is 3. The lowest BCUT2D eigenvalue weighted by Gasteiger charge is -2.20. The number of nitrogens with zero attached hydrogens (tertiary/aromatic N) is 2. The molecule has 1 amide bonds. The Morgan fingerprint density at radius 3 is 2.37 bits per heavy atom. The average molecular weight is 419 g/mol. The summed E-state index contributed by atoms with van der Waals surface area (Å²) in [4.78, 5) is 19.5. The first-order valence-corrected chi connectivity index (χ1v) is 10.5. The van der Waals surface area contributed by atoms with Gasteiger partial charge in [0.25, 0.3) is 5.91 Å². The quantitative estimate of drug-likeness (QED) is 0.406. The molecule has 5 nitrogen and oxygen atoms in total. The number of aromatic nitrogens is 1. The summed E-state index contributed by atoms with van der Waals surface area (Å²) in [7, 11) is 1.61. The fraction of sp³-hybridized carbons (Fsp3) is 0.167. The monoisotopic (exact) mass is 418 g/mol. The first-order chi connectivity index (χ1) is 14.7. The van der Waals surface area contributed by atoms with Gasteiger partial charge in [0.05, 0.1) is 17.3 Å². The molecule has 0 aliphatic rings. The molecule has 0 unspecified atom stereocenters. The van der Waals surface area contributed by atoms with E-state index in [2.05, 4.69) is 17.1 Å². The van der Waals surface area contributed by atoms with Crippen LogP contribution < -0.4 is 14.4 Å². The molecule has 152 valence electrons. The van der Waals surface area contributed by atoms with Crippen molar-refractivity contribution in [2.75, 3.05) is 25.2 Å². The summed E-state index contributed by atoms with van der Waals surface area (Å²) >= 11 is 1.52. The molecule has 0 bridgehead atoms. The van der Waals surface area contributed by atoms with Crippen molar-refractivity contribution in [1.82, 2.24) is 4.98 Å². The van der Waals surface area contributed by atoms with Crippen LogP contribution in [-0.2, 0) is 11.2 Å². The topological polar surface area (TPSA) is 51.7 Å². The van der Waals surface area contributed by atoms with E-state index in [4.69, 9.17) is 9.47 Å². The number of hydrogen-bond acceptors (Lipinski definition) is 5. The lowest BCUT2D eigenvalue weighted by molar-refractivity contribution is -0.120. The fourth-order valence-corrected chi connectivity index (χ4v) is 4.09. The number of carbonyl (C=O) groups excluding carboxylic acids is 1. The first kappa shape index (κ1) is 19.9. The normalized spacial score (nSPS) is 10.7. The number of ether oxygens (including phenoxy) is 2. The second-order valence-corrected chi connectivity index (χ2v) is 7.72. The summed E-state index contributed by atoms with van der Waals surface area (Å²) in [5, 5.41) is 0.690. The van der Waals surface area contributed by atoms with Crippen molar-refractivity contribution in [2.24, 2.45) is 0 Å². The standard InChI is InChI=1S/C24H22N2O3S/c1-28-19-11-13-20(14-12-19)29-17-23(27)26(16-15-18-7-3-2-4-8-18)24-25-21-9-5-6-10-22(21)30-24/h2-14H,15-17H2,1H3. The Morgan fingerprint density at radius 1 is 0.933 bits per heavy atom. The van der Waals surface area contributed by atoms with Gasteiger partial charge in [0.1, 0.15) is 11.5 Å². The summed E-state index contributed by atoms with van der Waals surface area (Å²) in [6.07, 6.45) is 0.741. The molecule has 6 heteroatoms. The number of anilines is 1. The van der Waals surface area contributed by atoms with Crippen LogP contribution in [0.4, 0.5) is 5.13 Å². The molecule has 0 aliphatic heterocycles. The molecule has 0 fully saturated rings. The van der Waals surface area contributed by atoms with E-state index in [1.165, 1.54) is 16.9 Å².